The average molecular weight is 243 g/mol. The molecule has 3 nitrogen and oxygen atoms in total. The predicted octanol–water partition coefficient (Wildman–Crippen LogP) is 2.24. The maximum absolute atomic E-state index is 12.2. The van der Waals surface area contributed by atoms with Crippen LogP contribution in [0, 0.1) is 0 Å². The molecule has 0 amide bonds. The Kier molecular flexibility index (Phi) is 3.34. The number of carbonyl (C=O) groups is 1. The Morgan fingerprint density at radius 1 is 1.56 bits per heavy atom. The van der Waals surface area contributed by atoms with E-state index < -0.39 is 5.41 Å². The van der Waals surface area contributed by atoms with Crippen molar-refractivity contribution in [3.8, 4) is 0 Å². The van der Waals surface area contributed by atoms with E-state index in [0.29, 0.717) is 6.42 Å². The molecule has 0 aromatic heterocycles. The van der Waals surface area contributed by atoms with Gasteiger partial charge >= 0.3 is 5.97 Å². The van der Waals surface area contributed by atoms with Gasteiger partial charge < -0.3 is 10.5 Å². The fourth-order valence-electron chi connectivity index (χ4n) is 2.50. The first-order chi connectivity index (χ1) is 8.65. The minimum atomic E-state index is -0.789. The van der Waals surface area contributed by atoms with Gasteiger partial charge in [0.25, 0.3) is 0 Å². The fourth-order valence-corrected chi connectivity index (χ4v) is 2.50. The predicted molar refractivity (Wildman–Crippen MR) is 71.0 cm³/mol. The summed E-state index contributed by atoms with van der Waals surface area (Å²) < 4.78 is 4.96. The van der Waals surface area contributed by atoms with Crippen LogP contribution in [0.1, 0.15) is 23.6 Å². The van der Waals surface area contributed by atoms with Crippen LogP contribution >= 0.6 is 0 Å². The van der Waals surface area contributed by atoms with E-state index in [1.165, 1.54) is 7.11 Å². The number of benzene rings is 1. The second-order valence-electron chi connectivity index (χ2n) is 4.43. The largest absolute Gasteiger partial charge is 0.468 e. The second-order valence-corrected chi connectivity index (χ2v) is 4.43. The SMILES string of the molecule is C=CC[C@]1(C(=O)OC)C=C[C@@H](N)c2ccccc21. The van der Waals surface area contributed by atoms with Crippen LogP contribution in [0.3, 0.4) is 0 Å². The van der Waals surface area contributed by atoms with Crippen molar-refractivity contribution in [2.75, 3.05) is 7.11 Å². The summed E-state index contributed by atoms with van der Waals surface area (Å²) in [5.74, 6) is -0.280. The third kappa shape index (κ3) is 1.77. The molecule has 2 rings (SSSR count). The Bertz CT molecular complexity index is 507. The summed E-state index contributed by atoms with van der Waals surface area (Å²) in [6.07, 6.45) is 5.92. The van der Waals surface area contributed by atoms with Crippen molar-refractivity contribution in [2.45, 2.75) is 17.9 Å². The number of hydrogen-bond acceptors (Lipinski definition) is 3. The van der Waals surface area contributed by atoms with Crippen molar-refractivity contribution >= 4 is 5.97 Å². The van der Waals surface area contributed by atoms with Gasteiger partial charge in [-0.25, -0.2) is 0 Å². The van der Waals surface area contributed by atoms with Crippen LogP contribution in [-0.4, -0.2) is 13.1 Å². The van der Waals surface area contributed by atoms with Gasteiger partial charge in [-0.15, -0.1) is 6.58 Å². The zero-order chi connectivity index (χ0) is 13.2. The van der Waals surface area contributed by atoms with Gasteiger partial charge in [0.15, 0.2) is 0 Å². The molecule has 0 saturated heterocycles. The molecule has 1 aromatic rings. The lowest BCUT2D eigenvalue weighted by molar-refractivity contribution is -0.145. The maximum Gasteiger partial charge on any atom is 0.320 e. The monoisotopic (exact) mass is 243 g/mol. The molecular formula is C15H17NO2. The summed E-state index contributed by atoms with van der Waals surface area (Å²) in [6, 6.07) is 7.53. The Morgan fingerprint density at radius 3 is 2.94 bits per heavy atom. The molecule has 0 heterocycles. The molecular weight excluding hydrogens is 226 g/mol. The molecule has 1 aliphatic carbocycles. The Balaban J connectivity index is 2.64. The summed E-state index contributed by atoms with van der Waals surface area (Å²) >= 11 is 0. The van der Waals surface area contributed by atoms with Crippen molar-refractivity contribution in [1.82, 2.24) is 0 Å². The number of nitrogens with two attached hydrogens (primary N) is 1. The smallest absolute Gasteiger partial charge is 0.320 e. The van der Waals surface area contributed by atoms with Crippen molar-refractivity contribution in [1.29, 1.82) is 0 Å². The third-order valence-electron chi connectivity index (χ3n) is 3.40. The number of ether oxygens (including phenoxy) is 1. The van der Waals surface area contributed by atoms with Crippen LogP contribution in [0.4, 0.5) is 0 Å². The van der Waals surface area contributed by atoms with E-state index >= 15 is 0 Å². The van der Waals surface area contributed by atoms with Gasteiger partial charge in [0, 0.05) is 6.04 Å². The van der Waals surface area contributed by atoms with Crippen molar-refractivity contribution < 1.29 is 9.53 Å². The van der Waals surface area contributed by atoms with Crippen LogP contribution in [0.5, 0.6) is 0 Å². The van der Waals surface area contributed by atoms with Gasteiger partial charge in [-0.3, -0.25) is 4.79 Å². The first-order valence-corrected chi connectivity index (χ1v) is 5.89. The number of fused-ring (bicyclic) bond motifs is 1. The number of allylic oxidation sites excluding steroid dienone is 1. The van der Waals surface area contributed by atoms with Crippen LogP contribution in [0.2, 0.25) is 0 Å². The molecule has 0 spiro atoms. The van der Waals surface area contributed by atoms with Gasteiger partial charge in [-0.1, -0.05) is 42.5 Å². The van der Waals surface area contributed by atoms with E-state index in [0.717, 1.165) is 11.1 Å². The number of methoxy groups -OCH3 is 1. The highest BCUT2D eigenvalue weighted by atomic mass is 16.5. The number of hydrogen-bond donors (Lipinski definition) is 1. The maximum atomic E-state index is 12.2. The highest BCUT2D eigenvalue weighted by Gasteiger charge is 2.42. The molecule has 0 fully saturated rings. The molecule has 3 heteroatoms. The lowest BCUT2D eigenvalue weighted by Crippen LogP contribution is -2.38. The van der Waals surface area contributed by atoms with E-state index in [1.54, 1.807) is 6.08 Å². The second kappa shape index (κ2) is 4.78. The third-order valence-corrected chi connectivity index (χ3v) is 3.40. The Labute approximate surface area is 107 Å². The summed E-state index contributed by atoms with van der Waals surface area (Å²) in [5, 5.41) is 0. The summed E-state index contributed by atoms with van der Waals surface area (Å²) in [5.41, 5.74) is 7.13. The Morgan fingerprint density at radius 2 is 2.28 bits per heavy atom. The molecule has 2 atom stereocenters. The van der Waals surface area contributed by atoms with E-state index in [4.69, 9.17) is 10.5 Å². The lowest BCUT2D eigenvalue weighted by Gasteiger charge is -2.34. The van der Waals surface area contributed by atoms with Crippen LogP contribution in [-0.2, 0) is 14.9 Å². The normalized spacial score (nSPS) is 25.3. The molecule has 2 N–H and O–H groups in total. The standard InChI is InChI=1S/C15H17NO2/c1-3-9-15(14(17)18-2)10-8-13(16)11-6-4-5-7-12(11)15/h3-8,10,13H,1,9,16H2,2H3/t13-,15+/m1/s1. The molecule has 94 valence electrons. The first kappa shape index (κ1) is 12.6. The van der Waals surface area contributed by atoms with E-state index in [9.17, 15) is 4.79 Å². The van der Waals surface area contributed by atoms with Crippen LogP contribution in [0.25, 0.3) is 0 Å². The highest BCUT2D eigenvalue weighted by Crippen LogP contribution is 2.39. The summed E-state index contributed by atoms with van der Waals surface area (Å²) in [7, 11) is 1.40. The van der Waals surface area contributed by atoms with Crippen LogP contribution < -0.4 is 5.73 Å². The molecule has 1 aromatic carbocycles. The van der Waals surface area contributed by atoms with Crippen molar-refractivity contribution in [3.63, 3.8) is 0 Å². The highest BCUT2D eigenvalue weighted by molar-refractivity contribution is 5.87. The molecule has 0 saturated carbocycles. The van der Waals surface area contributed by atoms with Gasteiger partial charge in [0.1, 0.15) is 5.41 Å². The van der Waals surface area contributed by atoms with E-state index in [2.05, 4.69) is 6.58 Å². The van der Waals surface area contributed by atoms with Crippen LogP contribution in [0.15, 0.2) is 49.1 Å². The molecule has 18 heavy (non-hydrogen) atoms. The van der Waals surface area contributed by atoms with E-state index in [-0.39, 0.29) is 12.0 Å². The first-order valence-electron chi connectivity index (χ1n) is 5.89. The van der Waals surface area contributed by atoms with E-state index in [1.807, 2.05) is 36.4 Å². The topological polar surface area (TPSA) is 52.3 Å². The zero-order valence-corrected chi connectivity index (χ0v) is 10.4. The number of esters is 1. The molecule has 1 aliphatic rings. The average Bonchev–Trinajstić information content (AvgIpc) is 2.42. The van der Waals surface area contributed by atoms with Crippen molar-refractivity contribution in [2.24, 2.45) is 5.73 Å². The number of rotatable bonds is 3. The molecule has 0 bridgehead atoms. The zero-order valence-electron chi connectivity index (χ0n) is 10.4. The number of carbonyl (C=O) groups excluding carboxylic acids is 1. The van der Waals surface area contributed by atoms with Crippen molar-refractivity contribution in [3.05, 3.63) is 60.2 Å². The molecule has 0 unspecified atom stereocenters. The Hall–Kier alpha value is -1.87. The molecule has 0 aliphatic heterocycles. The lowest BCUT2D eigenvalue weighted by atomic mass is 9.71. The minimum absolute atomic E-state index is 0.177. The molecule has 0 radical (unpaired) electrons. The fraction of sp³-hybridized carbons (Fsp3) is 0.267. The summed E-state index contributed by atoms with van der Waals surface area (Å²) in [6.45, 7) is 3.74. The quantitative estimate of drug-likeness (QED) is 0.654. The van der Waals surface area contributed by atoms with Gasteiger partial charge in [0.2, 0.25) is 0 Å². The summed E-state index contributed by atoms with van der Waals surface area (Å²) in [4.78, 5) is 12.2. The van der Waals surface area contributed by atoms with Gasteiger partial charge in [-0.05, 0) is 17.5 Å². The van der Waals surface area contributed by atoms with Gasteiger partial charge in [0.05, 0.1) is 7.11 Å². The minimum Gasteiger partial charge on any atom is -0.468 e. The van der Waals surface area contributed by atoms with Gasteiger partial charge in [-0.2, -0.15) is 0 Å².